The van der Waals surface area contributed by atoms with Gasteiger partial charge in [-0.1, -0.05) is 23.7 Å². The van der Waals surface area contributed by atoms with Crippen LogP contribution in [-0.2, 0) is 0 Å². The first-order valence-electron chi connectivity index (χ1n) is 6.22. The number of benzene rings is 2. The molecule has 2 aromatic carbocycles. The standard InChI is InChI=1S/C15H12ClN3O2/c1-10(11-2-4-13(16)5-3-11)18-15-7-6-14(19(20)21)8-12(15)9-17/h2-8,10,18H,1H3. The summed E-state index contributed by atoms with van der Waals surface area (Å²) in [5.74, 6) is 0. The molecule has 0 fully saturated rings. The molecule has 0 saturated heterocycles. The van der Waals surface area contributed by atoms with Crippen LogP contribution in [0.25, 0.3) is 0 Å². The summed E-state index contributed by atoms with van der Waals surface area (Å²) in [6, 6.07) is 13.4. The summed E-state index contributed by atoms with van der Waals surface area (Å²) in [6.07, 6.45) is 0. The van der Waals surface area contributed by atoms with E-state index < -0.39 is 4.92 Å². The number of nitro benzene ring substituents is 1. The molecule has 0 heterocycles. The highest BCUT2D eigenvalue weighted by Crippen LogP contribution is 2.26. The van der Waals surface area contributed by atoms with Gasteiger partial charge in [0, 0.05) is 23.2 Å². The second-order valence-corrected chi connectivity index (χ2v) is 4.95. The number of nitriles is 1. The van der Waals surface area contributed by atoms with Gasteiger partial charge in [0.15, 0.2) is 0 Å². The van der Waals surface area contributed by atoms with Gasteiger partial charge in [0.25, 0.3) is 5.69 Å². The Morgan fingerprint density at radius 1 is 1.29 bits per heavy atom. The van der Waals surface area contributed by atoms with Gasteiger partial charge in [-0.25, -0.2) is 0 Å². The Labute approximate surface area is 126 Å². The van der Waals surface area contributed by atoms with Crippen LogP contribution in [0, 0.1) is 21.4 Å². The Morgan fingerprint density at radius 3 is 2.52 bits per heavy atom. The second-order valence-electron chi connectivity index (χ2n) is 4.52. The molecule has 2 aromatic rings. The largest absolute Gasteiger partial charge is 0.377 e. The van der Waals surface area contributed by atoms with Crippen molar-refractivity contribution in [2.24, 2.45) is 0 Å². The minimum Gasteiger partial charge on any atom is -0.377 e. The van der Waals surface area contributed by atoms with Gasteiger partial charge in [-0.15, -0.1) is 0 Å². The molecule has 1 N–H and O–H groups in total. The quantitative estimate of drug-likeness (QED) is 0.674. The third-order valence-corrected chi connectivity index (χ3v) is 3.33. The van der Waals surface area contributed by atoms with Gasteiger partial charge in [-0.2, -0.15) is 5.26 Å². The van der Waals surface area contributed by atoms with Crippen LogP contribution in [0.4, 0.5) is 11.4 Å². The van der Waals surface area contributed by atoms with Gasteiger partial charge >= 0.3 is 0 Å². The van der Waals surface area contributed by atoms with Crippen molar-refractivity contribution in [2.75, 3.05) is 5.32 Å². The molecular formula is C15H12ClN3O2. The SMILES string of the molecule is CC(Nc1ccc([N+](=O)[O-])cc1C#N)c1ccc(Cl)cc1. The molecule has 5 nitrogen and oxygen atoms in total. The van der Waals surface area contributed by atoms with E-state index in [1.54, 1.807) is 18.2 Å². The molecule has 0 bridgehead atoms. The van der Waals surface area contributed by atoms with Gasteiger partial charge < -0.3 is 5.32 Å². The average molecular weight is 302 g/mol. The van der Waals surface area contributed by atoms with E-state index in [0.29, 0.717) is 10.7 Å². The molecule has 6 heteroatoms. The first-order valence-corrected chi connectivity index (χ1v) is 6.59. The van der Waals surface area contributed by atoms with Crippen LogP contribution in [0.2, 0.25) is 5.02 Å². The van der Waals surface area contributed by atoms with Crippen molar-refractivity contribution >= 4 is 23.0 Å². The van der Waals surface area contributed by atoms with Crippen molar-refractivity contribution < 1.29 is 4.92 Å². The fraction of sp³-hybridized carbons (Fsp3) is 0.133. The molecule has 1 unspecified atom stereocenters. The molecule has 2 rings (SSSR count). The Morgan fingerprint density at radius 2 is 1.95 bits per heavy atom. The smallest absolute Gasteiger partial charge is 0.270 e. The van der Waals surface area contributed by atoms with Crippen LogP contribution in [0.15, 0.2) is 42.5 Å². The topological polar surface area (TPSA) is 79.0 Å². The van der Waals surface area contributed by atoms with E-state index in [1.165, 1.54) is 12.1 Å². The lowest BCUT2D eigenvalue weighted by Gasteiger charge is -2.16. The molecule has 1 atom stereocenters. The molecule has 21 heavy (non-hydrogen) atoms. The molecule has 0 aliphatic heterocycles. The molecule has 0 spiro atoms. The summed E-state index contributed by atoms with van der Waals surface area (Å²) < 4.78 is 0. The van der Waals surface area contributed by atoms with Crippen molar-refractivity contribution in [1.82, 2.24) is 0 Å². The number of nitrogens with zero attached hydrogens (tertiary/aromatic N) is 2. The Hall–Kier alpha value is -2.58. The number of hydrogen-bond donors (Lipinski definition) is 1. The number of non-ortho nitro benzene ring substituents is 1. The summed E-state index contributed by atoms with van der Waals surface area (Å²) in [5.41, 5.74) is 1.70. The lowest BCUT2D eigenvalue weighted by Crippen LogP contribution is -2.08. The Bertz CT molecular complexity index is 708. The summed E-state index contributed by atoms with van der Waals surface area (Å²) in [5, 5.41) is 23.7. The summed E-state index contributed by atoms with van der Waals surface area (Å²) in [6.45, 7) is 1.94. The number of anilines is 1. The maximum atomic E-state index is 10.7. The highest BCUT2D eigenvalue weighted by molar-refractivity contribution is 6.30. The van der Waals surface area contributed by atoms with Crippen LogP contribution in [0.5, 0.6) is 0 Å². The van der Waals surface area contributed by atoms with Crippen molar-refractivity contribution in [2.45, 2.75) is 13.0 Å². The molecule has 0 amide bonds. The zero-order valence-electron chi connectivity index (χ0n) is 11.2. The van der Waals surface area contributed by atoms with Gasteiger partial charge in [0.1, 0.15) is 6.07 Å². The molecule has 0 aromatic heterocycles. The number of hydrogen-bond acceptors (Lipinski definition) is 4. The van der Waals surface area contributed by atoms with E-state index in [9.17, 15) is 10.1 Å². The van der Waals surface area contributed by atoms with E-state index in [-0.39, 0.29) is 17.3 Å². The van der Waals surface area contributed by atoms with Crippen molar-refractivity contribution in [3.05, 3.63) is 68.7 Å². The minimum absolute atomic E-state index is 0.0594. The van der Waals surface area contributed by atoms with Crippen LogP contribution in [-0.4, -0.2) is 4.92 Å². The van der Waals surface area contributed by atoms with E-state index >= 15 is 0 Å². The van der Waals surface area contributed by atoms with E-state index in [4.69, 9.17) is 16.9 Å². The first-order chi connectivity index (χ1) is 10.0. The fourth-order valence-corrected chi connectivity index (χ4v) is 2.06. The number of halogens is 1. The van der Waals surface area contributed by atoms with Crippen LogP contribution < -0.4 is 5.32 Å². The van der Waals surface area contributed by atoms with E-state index in [1.807, 2.05) is 25.1 Å². The zero-order valence-corrected chi connectivity index (χ0v) is 12.0. The van der Waals surface area contributed by atoms with Crippen molar-refractivity contribution in [3.8, 4) is 6.07 Å². The summed E-state index contributed by atoms with van der Waals surface area (Å²) in [4.78, 5) is 10.2. The first kappa shape index (κ1) is 14.8. The molecule has 0 aliphatic rings. The van der Waals surface area contributed by atoms with Crippen LogP contribution in [0.3, 0.4) is 0 Å². The van der Waals surface area contributed by atoms with Crippen molar-refractivity contribution in [1.29, 1.82) is 5.26 Å². The van der Waals surface area contributed by atoms with Gasteiger partial charge in [0.05, 0.1) is 16.2 Å². The maximum Gasteiger partial charge on any atom is 0.270 e. The molecule has 0 aliphatic carbocycles. The zero-order chi connectivity index (χ0) is 15.4. The molecule has 0 saturated carbocycles. The number of nitrogens with one attached hydrogen (secondary N) is 1. The predicted molar refractivity (Wildman–Crippen MR) is 81.3 cm³/mol. The molecule has 106 valence electrons. The summed E-state index contributed by atoms with van der Waals surface area (Å²) >= 11 is 5.84. The van der Waals surface area contributed by atoms with Crippen molar-refractivity contribution in [3.63, 3.8) is 0 Å². The normalized spacial score (nSPS) is 11.5. The van der Waals surface area contributed by atoms with E-state index in [2.05, 4.69) is 5.32 Å². The van der Waals surface area contributed by atoms with Gasteiger partial charge in [-0.3, -0.25) is 10.1 Å². The van der Waals surface area contributed by atoms with Gasteiger partial charge in [-0.05, 0) is 30.7 Å². The minimum atomic E-state index is -0.521. The molecular weight excluding hydrogens is 290 g/mol. The second kappa shape index (κ2) is 6.25. The monoisotopic (exact) mass is 301 g/mol. The average Bonchev–Trinajstić information content (AvgIpc) is 2.48. The number of rotatable bonds is 4. The third-order valence-electron chi connectivity index (χ3n) is 3.08. The Balaban J connectivity index is 2.25. The van der Waals surface area contributed by atoms with E-state index in [0.717, 1.165) is 5.56 Å². The van der Waals surface area contributed by atoms with Gasteiger partial charge in [0.2, 0.25) is 0 Å². The van der Waals surface area contributed by atoms with Crippen LogP contribution in [0.1, 0.15) is 24.1 Å². The number of nitro groups is 1. The molecule has 0 radical (unpaired) electrons. The highest BCUT2D eigenvalue weighted by Gasteiger charge is 2.13. The Kier molecular flexibility index (Phi) is 4.41. The summed E-state index contributed by atoms with van der Waals surface area (Å²) in [7, 11) is 0. The predicted octanol–water partition coefficient (Wildman–Crippen LogP) is 4.29. The highest BCUT2D eigenvalue weighted by atomic mass is 35.5. The third kappa shape index (κ3) is 3.50. The van der Waals surface area contributed by atoms with Crippen LogP contribution >= 0.6 is 11.6 Å². The lowest BCUT2D eigenvalue weighted by atomic mass is 10.1. The fourth-order valence-electron chi connectivity index (χ4n) is 1.93. The lowest BCUT2D eigenvalue weighted by molar-refractivity contribution is -0.384. The maximum absolute atomic E-state index is 10.7.